The van der Waals surface area contributed by atoms with Gasteiger partial charge in [0.25, 0.3) is 0 Å². The Morgan fingerprint density at radius 1 is 1.23 bits per heavy atom. The fourth-order valence-electron chi connectivity index (χ4n) is 3.06. The summed E-state index contributed by atoms with van der Waals surface area (Å²) in [5.41, 5.74) is 2.31. The Bertz CT molecular complexity index is 756. The van der Waals surface area contributed by atoms with Gasteiger partial charge in [-0.1, -0.05) is 23.4 Å². The Labute approximate surface area is 128 Å². The fraction of sp³-hybridized carbons (Fsp3) is 0.412. The molecule has 0 radical (unpaired) electrons. The van der Waals surface area contributed by atoms with Crippen molar-refractivity contribution in [3.05, 3.63) is 47.7 Å². The molecule has 0 amide bonds. The number of aromatic amines is 1. The van der Waals surface area contributed by atoms with Gasteiger partial charge >= 0.3 is 0 Å². The van der Waals surface area contributed by atoms with E-state index < -0.39 is 0 Å². The summed E-state index contributed by atoms with van der Waals surface area (Å²) < 4.78 is 11.1. The first-order chi connectivity index (χ1) is 10.9. The van der Waals surface area contributed by atoms with Crippen molar-refractivity contribution in [1.29, 1.82) is 0 Å². The van der Waals surface area contributed by atoms with E-state index in [0.717, 1.165) is 37.2 Å². The standard InChI is InChI=1S/C17H19N3O2/c1-2-7-15-14(6-1)12(11-18-15)9-17-19-16(20-22-17)10-13-5-3-4-8-21-13/h1-2,6-7,11,13,18H,3-5,8-10H2/t13-/m0/s1. The lowest BCUT2D eigenvalue weighted by atomic mass is 10.1. The molecule has 1 atom stereocenters. The summed E-state index contributed by atoms with van der Waals surface area (Å²) >= 11 is 0. The Balaban J connectivity index is 1.47. The molecule has 4 rings (SSSR count). The topological polar surface area (TPSA) is 63.9 Å². The molecule has 1 saturated heterocycles. The minimum absolute atomic E-state index is 0.243. The molecular weight excluding hydrogens is 278 g/mol. The number of nitrogens with one attached hydrogen (secondary N) is 1. The molecule has 1 fully saturated rings. The average Bonchev–Trinajstić information content (AvgIpc) is 3.17. The normalized spacial score (nSPS) is 18.8. The van der Waals surface area contributed by atoms with E-state index in [4.69, 9.17) is 9.26 Å². The molecule has 3 aromatic rings. The van der Waals surface area contributed by atoms with Gasteiger partial charge in [0.2, 0.25) is 5.89 Å². The van der Waals surface area contributed by atoms with Crippen molar-refractivity contribution in [2.45, 2.75) is 38.2 Å². The minimum Gasteiger partial charge on any atom is -0.378 e. The van der Waals surface area contributed by atoms with Crippen LogP contribution in [0.2, 0.25) is 0 Å². The Hall–Kier alpha value is -2.14. The molecule has 5 heteroatoms. The summed E-state index contributed by atoms with van der Waals surface area (Å²) in [6, 6.07) is 8.24. The molecule has 1 aromatic carbocycles. The van der Waals surface area contributed by atoms with Crippen LogP contribution in [0.1, 0.15) is 36.5 Å². The van der Waals surface area contributed by atoms with Crippen molar-refractivity contribution in [2.75, 3.05) is 6.61 Å². The van der Waals surface area contributed by atoms with Gasteiger partial charge in [0.15, 0.2) is 5.82 Å². The highest BCUT2D eigenvalue weighted by Gasteiger charge is 2.18. The van der Waals surface area contributed by atoms with Crippen LogP contribution < -0.4 is 0 Å². The summed E-state index contributed by atoms with van der Waals surface area (Å²) in [7, 11) is 0. The lowest BCUT2D eigenvalue weighted by Crippen LogP contribution is -2.21. The van der Waals surface area contributed by atoms with Gasteiger partial charge in [-0.15, -0.1) is 0 Å². The zero-order valence-corrected chi connectivity index (χ0v) is 12.4. The zero-order valence-electron chi connectivity index (χ0n) is 12.4. The van der Waals surface area contributed by atoms with Crippen molar-refractivity contribution >= 4 is 10.9 Å². The first kappa shape index (κ1) is 13.5. The van der Waals surface area contributed by atoms with Crippen LogP contribution in [-0.2, 0) is 17.6 Å². The van der Waals surface area contributed by atoms with Gasteiger partial charge in [0, 0.05) is 30.1 Å². The summed E-state index contributed by atoms with van der Waals surface area (Å²) in [6.07, 6.45) is 7.14. The van der Waals surface area contributed by atoms with E-state index in [9.17, 15) is 0 Å². The summed E-state index contributed by atoms with van der Waals surface area (Å²) in [5, 5.41) is 5.30. The Kier molecular flexibility index (Phi) is 3.64. The van der Waals surface area contributed by atoms with E-state index in [-0.39, 0.29) is 6.10 Å². The molecule has 114 valence electrons. The molecular formula is C17H19N3O2. The number of aromatic nitrogens is 3. The van der Waals surface area contributed by atoms with E-state index >= 15 is 0 Å². The van der Waals surface area contributed by atoms with E-state index in [1.807, 2.05) is 18.3 Å². The molecule has 1 aliphatic rings. The second kappa shape index (κ2) is 5.93. The predicted octanol–water partition coefficient (Wildman–Crippen LogP) is 3.25. The van der Waals surface area contributed by atoms with Gasteiger partial charge in [-0.2, -0.15) is 4.98 Å². The molecule has 0 spiro atoms. The third kappa shape index (κ3) is 2.76. The number of fused-ring (bicyclic) bond motifs is 1. The van der Waals surface area contributed by atoms with Crippen LogP contribution in [0.15, 0.2) is 35.0 Å². The molecule has 2 aromatic heterocycles. The average molecular weight is 297 g/mol. The second-order valence-corrected chi connectivity index (χ2v) is 5.83. The monoisotopic (exact) mass is 297 g/mol. The molecule has 1 N–H and O–H groups in total. The highest BCUT2D eigenvalue weighted by molar-refractivity contribution is 5.83. The number of benzene rings is 1. The summed E-state index contributed by atoms with van der Waals surface area (Å²) in [4.78, 5) is 7.79. The highest BCUT2D eigenvalue weighted by Crippen LogP contribution is 2.21. The van der Waals surface area contributed by atoms with Gasteiger partial charge in [-0.3, -0.25) is 0 Å². The molecule has 22 heavy (non-hydrogen) atoms. The third-order valence-corrected chi connectivity index (χ3v) is 4.21. The van der Waals surface area contributed by atoms with E-state index in [1.165, 1.54) is 17.4 Å². The predicted molar refractivity (Wildman–Crippen MR) is 82.7 cm³/mol. The number of H-pyrrole nitrogens is 1. The summed E-state index contributed by atoms with van der Waals surface area (Å²) in [5.74, 6) is 1.41. The van der Waals surface area contributed by atoms with Crippen LogP contribution in [0.5, 0.6) is 0 Å². The second-order valence-electron chi connectivity index (χ2n) is 5.83. The van der Waals surface area contributed by atoms with Crippen LogP contribution in [0.25, 0.3) is 10.9 Å². The van der Waals surface area contributed by atoms with Crippen molar-refractivity contribution in [1.82, 2.24) is 15.1 Å². The van der Waals surface area contributed by atoms with Crippen molar-refractivity contribution < 1.29 is 9.26 Å². The molecule has 3 heterocycles. The minimum atomic E-state index is 0.243. The van der Waals surface area contributed by atoms with Gasteiger partial charge in [0.1, 0.15) is 0 Å². The lowest BCUT2D eigenvalue weighted by Gasteiger charge is -2.20. The SMILES string of the molecule is c1ccc2c(Cc3nc(C[C@@H]4CCCCO4)no3)c[nH]c2c1. The van der Waals surface area contributed by atoms with Crippen LogP contribution in [-0.4, -0.2) is 27.8 Å². The van der Waals surface area contributed by atoms with Crippen molar-refractivity contribution in [2.24, 2.45) is 0 Å². The molecule has 0 bridgehead atoms. The number of nitrogens with zero attached hydrogens (tertiary/aromatic N) is 2. The maximum atomic E-state index is 5.73. The van der Waals surface area contributed by atoms with Crippen LogP contribution in [0.3, 0.4) is 0 Å². The van der Waals surface area contributed by atoms with E-state index in [2.05, 4.69) is 27.3 Å². The molecule has 0 unspecified atom stereocenters. The molecule has 0 saturated carbocycles. The van der Waals surface area contributed by atoms with E-state index in [1.54, 1.807) is 0 Å². The number of rotatable bonds is 4. The Morgan fingerprint density at radius 2 is 2.18 bits per heavy atom. The fourth-order valence-corrected chi connectivity index (χ4v) is 3.06. The maximum absolute atomic E-state index is 5.73. The zero-order chi connectivity index (χ0) is 14.8. The van der Waals surface area contributed by atoms with Crippen molar-refractivity contribution in [3.8, 4) is 0 Å². The molecule has 5 nitrogen and oxygen atoms in total. The van der Waals surface area contributed by atoms with E-state index in [0.29, 0.717) is 12.3 Å². The van der Waals surface area contributed by atoms with Crippen LogP contribution in [0, 0.1) is 0 Å². The molecule has 0 aliphatic carbocycles. The number of hydrogen-bond acceptors (Lipinski definition) is 4. The highest BCUT2D eigenvalue weighted by atomic mass is 16.5. The number of hydrogen-bond donors (Lipinski definition) is 1. The maximum Gasteiger partial charge on any atom is 0.231 e. The van der Waals surface area contributed by atoms with Crippen LogP contribution in [0.4, 0.5) is 0 Å². The van der Waals surface area contributed by atoms with Gasteiger partial charge < -0.3 is 14.2 Å². The largest absolute Gasteiger partial charge is 0.378 e. The number of para-hydroxylation sites is 1. The number of ether oxygens (including phenoxy) is 1. The molecule has 1 aliphatic heterocycles. The smallest absolute Gasteiger partial charge is 0.231 e. The van der Waals surface area contributed by atoms with Gasteiger partial charge in [-0.05, 0) is 30.9 Å². The van der Waals surface area contributed by atoms with Crippen LogP contribution >= 0.6 is 0 Å². The quantitative estimate of drug-likeness (QED) is 0.803. The lowest BCUT2D eigenvalue weighted by molar-refractivity contribution is 0.0153. The third-order valence-electron chi connectivity index (χ3n) is 4.21. The van der Waals surface area contributed by atoms with Gasteiger partial charge in [-0.25, -0.2) is 0 Å². The first-order valence-electron chi connectivity index (χ1n) is 7.86. The summed E-state index contributed by atoms with van der Waals surface area (Å²) in [6.45, 7) is 0.852. The Morgan fingerprint density at radius 3 is 3.09 bits per heavy atom. The van der Waals surface area contributed by atoms with Gasteiger partial charge in [0.05, 0.1) is 12.5 Å². The van der Waals surface area contributed by atoms with Crippen molar-refractivity contribution in [3.63, 3.8) is 0 Å². The first-order valence-corrected chi connectivity index (χ1v) is 7.86.